The number of pyridine rings is 1. The Labute approximate surface area is 126 Å². The molecule has 0 aliphatic carbocycles. The summed E-state index contributed by atoms with van der Waals surface area (Å²) in [5.41, 5.74) is 7.44. The van der Waals surface area contributed by atoms with Crippen molar-refractivity contribution >= 4 is 34.6 Å². The highest BCUT2D eigenvalue weighted by molar-refractivity contribution is 7.10. The number of fused-ring (bicyclic) bond motifs is 1. The molecule has 1 aliphatic rings. The van der Waals surface area contributed by atoms with Gasteiger partial charge in [-0.15, -0.1) is 11.3 Å². The van der Waals surface area contributed by atoms with Crippen molar-refractivity contribution < 1.29 is 0 Å². The summed E-state index contributed by atoms with van der Waals surface area (Å²) in [4.78, 5) is 8.02. The summed E-state index contributed by atoms with van der Waals surface area (Å²) in [5.74, 6) is 0.684. The molecule has 0 saturated heterocycles. The second kappa shape index (κ2) is 5.07. The van der Waals surface area contributed by atoms with Crippen molar-refractivity contribution in [3.8, 4) is 0 Å². The van der Waals surface area contributed by atoms with Gasteiger partial charge in [-0.05, 0) is 36.4 Å². The van der Waals surface area contributed by atoms with E-state index in [1.165, 1.54) is 10.4 Å². The van der Waals surface area contributed by atoms with Crippen LogP contribution in [0.3, 0.4) is 0 Å². The van der Waals surface area contributed by atoms with Crippen LogP contribution in [0.25, 0.3) is 0 Å². The second-order valence-corrected chi connectivity index (χ2v) is 6.21. The molecule has 0 amide bonds. The van der Waals surface area contributed by atoms with Crippen molar-refractivity contribution in [3.05, 3.63) is 44.7 Å². The zero-order chi connectivity index (χ0) is 14.3. The van der Waals surface area contributed by atoms with Gasteiger partial charge in [0.25, 0.3) is 0 Å². The lowest BCUT2D eigenvalue weighted by molar-refractivity contribution is 0.625. The molecule has 0 saturated carbocycles. The Kier molecular flexibility index (Phi) is 3.40. The van der Waals surface area contributed by atoms with Crippen molar-refractivity contribution in [2.45, 2.75) is 19.4 Å². The first-order chi connectivity index (χ1) is 9.59. The van der Waals surface area contributed by atoms with Crippen molar-refractivity contribution in [2.75, 3.05) is 11.4 Å². The van der Waals surface area contributed by atoms with Gasteiger partial charge >= 0.3 is 0 Å². The molecule has 3 N–H and O–H groups in total. The topological polar surface area (TPSA) is 66.0 Å². The average Bonchev–Trinajstić information content (AvgIpc) is 2.89. The number of hydrogen-bond donors (Lipinski definition) is 2. The Balaban J connectivity index is 2.03. The number of thiophene rings is 1. The van der Waals surface area contributed by atoms with Crippen LogP contribution >= 0.6 is 22.9 Å². The molecule has 0 aromatic carbocycles. The first kappa shape index (κ1) is 13.4. The van der Waals surface area contributed by atoms with Crippen LogP contribution in [0.15, 0.2) is 23.7 Å². The number of aromatic nitrogens is 1. The number of nitrogens with two attached hydrogens (primary N) is 1. The highest BCUT2D eigenvalue weighted by atomic mass is 35.5. The van der Waals surface area contributed by atoms with E-state index in [0.29, 0.717) is 16.4 Å². The molecule has 20 heavy (non-hydrogen) atoms. The fourth-order valence-corrected chi connectivity index (χ4v) is 3.92. The number of nitrogens with one attached hydrogen (secondary N) is 1. The van der Waals surface area contributed by atoms with Gasteiger partial charge in [0.05, 0.1) is 11.1 Å². The minimum atomic E-state index is -0.0282. The summed E-state index contributed by atoms with van der Waals surface area (Å²) < 4.78 is 0. The molecule has 1 atom stereocenters. The number of hydrogen-bond acceptors (Lipinski definition) is 4. The molecule has 1 unspecified atom stereocenters. The Morgan fingerprint density at radius 2 is 2.35 bits per heavy atom. The number of halogens is 1. The highest BCUT2D eigenvalue weighted by Crippen LogP contribution is 2.38. The third-order valence-corrected chi connectivity index (χ3v) is 5.08. The number of amidine groups is 1. The third-order valence-electron chi connectivity index (χ3n) is 3.71. The molecule has 2 aromatic rings. The van der Waals surface area contributed by atoms with Gasteiger partial charge in [0.1, 0.15) is 11.7 Å². The van der Waals surface area contributed by atoms with Crippen LogP contribution in [-0.4, -0.2) is 17.4 Å². The predicted octanol–water partition coefficient (Wildman–Crippen LogP) is 3.20. The largest absolute Gasteiger partial charge is 0.384 e. The summed E-state index contributed by atoms with van der Waals surface area (Å²) in [6.45, 7) is 3.03. The van der Waals surface area contributed by atoms with Crippen LogP contribution < -0.4 is 10.6 Å². The monoisotopic (exact) mass is 306 g/mol. The zero-order valence-electron chi connectivity index (χ0n) is 11.1. The first-order valence-corrected chi connectivity index (χ1v) is 7.67. The SMILES string of the molecule is CC1c2ccsc2CCN1c1nccc(C(=N)N)c1Cl. The van der Waals surface area contributed by atoms with Crippen LogP contribution in [0.2, 0.25) is 5.02 Å². The Bertz CT molecular complexity index is 667. The molecule has 0 fully saturated rings. The Morgan fingerprint density at radius 1 is 1.55 bits per heavy atom. The van der Waals surface area contributed by atoms with Gasteiger partial charge < -0.3 is 10.6 Å². The van der Waals surface area contributed by atoms with Gasteiger partial charge in [-0.3, -0.25) is 5.41 Å². The van der Waals surface area contributed by atoms with E-state index >= 15 is 0 Å². The molecule has 1 aliphatic heterocycles. The van der Waals surface area contributed by atoms with E-state index in [-0.39, 0.29) is 11.9 Å². The number of anilines is 1. The number of nitrogen functional groups attached to an aromatic ring is 1. The molecule has 6 heteroatoms. The van der Waals surface area contributed by atoms with E-state index in [0.717, 1.165) is 13.0 Å². The first-order valence-electron chi connectivity index (χ1n) is 6.41. The summed E-state index contributed by atoms with van der Waals surface area (Å²) in [7, 11) is 0. The zero-order valence-corrected chi connectivity index (χ0v) is 12.6. The quantitative estimate of drug-likeness (QED) is 0.661. The van der Waals surface area contributed by atoms with E-state index < -0.39 is 0 Å². The molecule has 104 valence electrons. The van der Waals surface area contributed by atoms with E-state index in [1.54, 1.807) is 23.6 Å². The van der Waals surface area contributed by atoms with Crippen molar-refractivity contribution in [3.63, 3.8) is 0 Å². The highest BCUT2D eigenvalue weighted by Gasteiger charge is 2.27. The standard InChI is InChI=1S/C14H15ClN4S/c1-8-9-4-7-20-11(9)3-6-19(8)14-12(15)10(13(16)17)2-5-18-14/h2,4-5,7-8H,3,6H2,1H3,(H3,16,17). The van der Waals surface area contributed by atoms with Gasteiger partial charge in [-0.1, -0.05) is 11.6 Å². The van der Waals surface area contributed by atoms with Gasteiger partial charge in [0, 0.05) is 23.2 Å². The second-order valence-electron chi connectivity index (χ2n) is 4.83. The number of rotatable bonds is 2. The summed E-state index contributed by atoms with van der Waals surface area (Å²) in [6, 6.07) is 4.08. The van der Waals surface area contributed by atoms with E-state index in [4.69, 9.17) is 22.7 Å². The van der Waals surface area contributed by atoms with Gasteiger partial charge in [0.2, 0.25) is 0 Å². The Morgan fingerprint density at radius 3 is 3.10 bits per heavy atom. The molecule has 4 nitrogen and oxygen atoms in total. The van der Waals surface area contributed by atoms with E-state index in [1.807, 2.05) is 0 Å². The van der Waals surface area contributed by atoms with E-state index in [9.17, 15) is 0 Å². The minimum Gasteiger partial charge on any atom is -0.384 e. The molecular formula is C14H15ClN4S. The molecule has 3 rings (SSSR count). The molecule has 0 radical (unpaired) electrons. The maximum absolute atomic E-state index is 7.58. The number of nitrogens with zero attached hydrogens (tertiary/aromatic N) is 2. The van der Waals surface area contributed by atoms with Crippen LogP contribution in [0.5, 0.6) is 0 Å². The van der Waals surface area contributed by atoms with Gasteiger partial charge in [-0.25, -0.2) is 4.98 Å². The molecule has 0 bridgehead atoms. The Hall–Kier alpha value is -1.59. The molecule has 3 heterocycles. The smallest absolute Gasteiger partial charge is 0.148 e. The maximum Gasteiger partial charge on any atom is 0.148 e. The summed E-state index contributed by atoms with van der Waals surface area (Å²) in [5, 5.41) is 10.2. The predicted molar refractivity (Wildman–Crippen MR) is 84.0 cm³/mol. The maximum atomic E-state index is 7.58. The van der Waals surface area contributed by atoms with Crippen LogP contribution in [0.1, 0.15) is 29.0 Å². The lowest BCUT2D eigenvalue weighted by Gasteiger charge is -2.35. The summed E-state index contributed by atoms with van der Waals surface area (Å²) in [6.07, 6.45) is 2.66. The molecule has 2 aromatic heterocycles. The third kappa shape index (κ3) is 2.07. The van der Waals surface area contributed by atoms with Crippen LogP contribution in [0.4, 0.5) is 5.82 Å². The van der Waals surface area contributed by atoms with E-state index in [2.05, 4.69) is 28.3 Å². The van der Waals surface area contributed by atoms with Crippen LogP contribution in [0, 0.1) is 5.41 Å². The fraction of sp³-hybridized carbons (Fsp3) is 0.286. The van der Waals surface area contributed by atoms with Crippen molar-refractivity contribution in [1.29, 1.82) is 5.41 Å². The van der Waals surface area contributed by atoms with Gasteiger partial charge in [0.15, 0.2) is 0 Å². The van der Waals surface area contributed by atoms with Crippen LogP contribution in [-0.2, 0) is 6.42 Å². The van der Waals surface area contributed by atoms with Crippen molar-refractivity contribution in [2.24, 2.45) is 5.73 Å². The minimum absolute atomic E-state index is 0.0282. The van der Waals surface area contributed by atoms with Gasteiger partial charge in [-0.2, -0.15) is 0 Å². The summed E-state index contributed by atoms with van der Waals surface area (Å²) >= 11 is 8.19. The molecular weight excluding hydrogens is 292 g/mol. The lowest BCUT2D eigenvalue weighted by Crippen LogP contribution is -2.34. The van der Waals surface area contributed by atoms with Crippen molar-refractivity contribution in [1.82, 2.24) is 4.98 Å². The fourth-order valence-electron chi connectivity index (χ4n) is 2.64. The normalized spacial score (nSPS) is 17.9. The average molecular weight is 307 g/mol. The molecule has 0 spiro atoms. The lowest BCUT2D eigenvalue weighted by atomic mass is 10.0.